The van der Waals surface area contributed by atoms with E-state index in [1.54, 1.807) is 17.0 Å². The van der Waals surface area contributed by atoms with Crippen LogP contribution in [0.2, 0.25) is 10.0 Å². The number of para-hydroxylation sites is 2. The van der Waals surface area contributed by atoms with Gasteiger partial charge in [0.25, 0.3) is 0 Å². The van der Waals surface area contributed by atoms with Crippen molar-refractivity contribution >= 4 is 46.3 Å². The van der Waals surface area contributed by atoms with Gasteiger partial charge in [0, 0.05) is 34.2 Å². The summed E-state index contributed by atoms with van der Waals surface area (Å²) in [5.41, 5.74) is 3.59. The molecule has 0 saturated heterocycles. The predicted octanol–water partition coefficient (Wildman–Crippen LogP) is 7.33. The van der Waals surface area contributed by atoms with Crippen LogP contribution in [0.25, 0.3) is 0 Å². The van der Waals surface area contributed by atoms with E-state index in [0.29, 0.717) is 40.4 Å². The van der Waals surface area contributed by atoms with Gasteiger partial charge in [-0.2, -0.15) is 0 Å². The number of nitrogens with one attached hydrogen (secondary N) is 1. The fourth-order valence-corrected chi connectivity index (χ4v) is 5.24. The van der Waals surface area contributed by atoms with Crippen molar-refractivity contribution in [2.45, 2.75) is 58.9 Å². The fraction of sp³-hybridized carbons (Fsp3) is 0.385. The standard InChI is InChI=1S/C26H28Cl2N2O2/c1-4-5-10-23(32)30-21-9-7-6-8-19(21)29-20-14-26(2,3)15-22(31)24(20)25(30)17-12-11-16(27)13-18(17)28/h6-9,11-13,25,29H,4-5,10,14-15H2,1-3H3/t25-/m1/s1. The van der Waals surface area contributed by atoms with Crippen LogP contribution in [0.4, 0.5) is 11.4 Å². The first kappa shape index (κ1) is 22.9. The molecule has 168 valence electrons. The second-order valence-corrected chi connectivity index (χ2v) is 10.3. The van der Waals surface area contributed by atoms with E-state index in [1.165, 1.54) is 0 Å². The molecule has 1 amide bonds. The number of benzene rings is 2. The van der Waals surface area contributed by atoms with E-state index >= 15 is 0 Å². The summed E-state index contributed by atoms with van der Waals surface area (Å²) in [5.74, 6) is 0.0179. The molecule has 0 saturated carbocycles. The molecule has 4 rings (SSSR count). The van der Waals surface area contributed by atoms with Crippen LogP contribution in [0, 0.1) is 5.41 Å². The average Bonchev–Trinajstić information content (AvgIpc) is 2.85. The number of halogens is 2. The van der Waals surface area contributed by atoms with Crippen LogP contribution in [-0.4, -0.2) is 11.7 Å². The molecule has 1 aliphatic carbocycles. The minimum Gasteiger partial charge on any atom is -0.357 e. The second kappa shape index (κ2) is 8.92. The number of ketones is 1. The summed E-state index contributed by atoms with van der Waals surface area (Å²) < 4.78 is 0. The zero-order valence-electron chi connectivity index (χ0n) is 18.7. The molecule has 1 aliphatic heterocycles. The number of hydrogen-bond acceptors (Lipinski definition) is 3. The van der Waals surface area contributed by atoms with Crippen LogP contribution >= 0.6 is 23.2 Å². The van der Waals surface area contributed by atoms with Crippen molar-refractivity contribution in [3.63, 3.8) is 0 Å². The number of Topliss-reactive ketones (excluding diaryl/α,β-unsaturated/α-hetero) is 1. The minimum absolute atomic E-state index is 0.0245. The maximum atomic E-state index is 13.6. The molecule has 0 bridgehead atoms. The number of carbonyl (C=O) groups is 2. The largest absolute Gasteiger partial charge is 0.357 e. The van der Waals surface area contributed by atoms with E-state index in [1.807, 2.05) is 30.3 Å². The SMILES string of the molecule is CCCCC(=O)N1c2ccccc2NC2=C(C(=O)CC(C)(C)C2)[C@H]1c1ccc(Cl)cc1Cl. The van der Waals surface area contributed by atoms with Gasteiger partial charge in [0.05, 0.1) is 17.4 Å². The first-order chi connectivity index (χ1) is 15.2. The quantitative estimate of drug-likeness (QED) is 0.508. The van der Waals surface area contributed by atoms with E-state index in [0.717, 1.165) is 29.9 Å². The molecule has 4 nitrogen and oxygen atoms in total. The van der Waals surface area contributed by atoms with Crippen molar-refractivity contribution in [3.8, 4) is 0 Å². The van der Waals surface area contributed by atoms with Crippen molar-refractivity contribution < 1.29 is 9.59 Å². The molecule has 0 unspecified atom stereocenters. The Kier molecular flexibility index (Phi) is 6.37. The van der Waals surface area contributed by atoms with Crippen LogP contribution in [0.15, 0.2) is 53.7 Å². The number of nitrogens with zero attached hydrogens (tertiary/aromatic N) is 1. The maximum absolute atomic E-state index is 13.6. The number of fused-ring (bicyclic) bond motifs is 1. The number of hydrogen-bond donors (Lipinski definition) is 1. The number of unbranched alkanes of at least 4 members (excludes halogenated alkanes) is 1. The third kappa shape index (κ3) is 4.31. The van der Waals surface area contributed by atoms with Gasteiger partial charge in [0.15, 0.2) is 5.78 Å². The molecular formula is C26H28Cl2N2O2. The van der Waals surface area contributed by atoms with E-state index in [-0.39, 0.29) is 17.1 Å². The van der Waals surface area contributed by atoms with E-state index in [4.69, 9.17) is 23.2 Å². The van der Waals surface area contributed by atoms with Crippen molar-refractivity contribution in [1.82, 2.24) is 0 Å². The summed E-state index contributed by atoms with van der Waals surface area (Å²) in [7, 11) is 0. The molecular weight excluding hydrogens is 443 g/mol. The summed E-state index contributed by atoms with van der Waals surface area (Å²) in [4.78, 5) is 29.0. The van der Waals surface area contributed by atoms with Crippen molar-refractivity contribution in [3.05, 3.63) is 69.3 Å². The number of anilines is 2. The number of carbonyl (C=O) groups excluding carboxylic acids is 2. The molecule has 1 atom stereocenters. The molecule has 2 aromatic rings. The van der Waals surface area contributed by atoms with Crippen LogP contribution < -0.4 is 10.2 Å². The molecule has 0 spiro atoms. The van der Waals surface area contributed by atoms with E-state index in [2.05, 4.69) is 26.1 Å². The monoisotopic (exact) mass is 470 g/mol. The van der Waals surface area contributed by atoms with Crippen LogP contribution in [0.1, 0.15) is 64.5 Å². The zero-order chi connectivity index (χ0) is 23.0. The molecule has 2 aromatic carbocycles. The van der Waals surface area contributed by atoms with E-state index < -0.39 is 6.04 Å². The maximum Gasteiger partial charge on any atom is 0.227 e. The Morgan fingerprint density at radius 2 is 1.91 bits per heavy atom. The van der Waals surface area contributed by atoms with Crippen LogP contribution in [0.3, 0.4) is 0 Å². The van der Waals surface area contributed by atoms with Crippen LogP contribution in [0.5, 0.6) is 0 Å². The Labute approximate surface area is 199 Å². The summed E-state index contributed by atoms with van der Waals surface area (Å²) in [6.07, 6.45) is 3.21. The van der Waals surface area contributed by atoms with E-state index in [9.17, 15) is 9.59 Å². The van der Waals surface area contributed by atoms with Gasteiger partial charge in [-0.15, -0.1) is 0 Å². The summed E-state index contributed by atoms with van der Waals surface area (Å²) in [6, 6.07) is 12.4. The van der Waals surface area contributed by atoms with Gasteiger partial charge in [-0.3, -0.25) is 14.5 Å². The molecule has 32 heavy (non-hydrogen) atoms. The molecule has 1 heterocycles. The average molecular weight is 471 g/mol. The molecule has 2 aliphatic rings. The Bertz CT molecular complexity index is 1110. The second-order valence-electron chi connectivity index (χ2n) is 9.41. The lowest BCUT2D eigenvalue weighted by molar-refractivity contribution is -0.119. The lowest BCUT2D eigenvalue weighted by Crippen LogP contribution is -2.39. The highest BCUT2D eigenvalue weighted by Crippen LogP contribution is 2.49. The Morgan fingerprint density at radius 3 is 2.62 bits per heavy atom. The molecule has 0 radical (unpaired) electrons. The Morgan fingerprint density at radius 1 is 1.16 bits per heavy atom. The van der Waals surface area contributed by atoms with Crippen molar-refractivity contribution in [1.29, 1.82) is 0 Å². The fourth-order valence-electron chi connectivity index (χ4n) is 4.73. The molecule has 1 N–H and O–H groups in total. The van der Waals surface area contributed by atoms with Gasteiger partial charge in [-0.1, -0.05) is 68.6 Å². The van der Waals surface area contributed by atoms with Gasteiger partial charge < -0.3 is 5.32 Å². The third-order valence-electron chi connectivity index (χ3n) is 6.17. The summed E-state index contributed by atoms with van der Waals surface area (Å²) >= 11 is 12.9. The predicted molar refractivity (Wildman–Crippen MR) is 131 cm³/mol. The number of rotatable bonds is 4. The molecule has 0 aromatic heterocycles. The first-order valence-electron chi connectivity index (χ1n) is 11.1. The van der Waals surface area contributed by atoms with Gasteiger partial charge >= 0.3 is 0 Å². The first-order valence-corrected chi connectivity index (χ1v) is 11.9. The summed E-state index contributed by atoms with van der Waals surface area (Å²) in [6.45, 7) is 6.26. The Balaban J connectivity index is 2.00. The van der Waals surface area contributed by atoms with Gasteiger partial charge in [-0.05, 0) is 48.1 Å². The Hall–Kier alpha value is -2.30. The van der Waals surface area contributed by atoms with Crippen molar-refractivity contribution in [2.24, 2.45) is 5.41 Å². The van der Waals surface area contributed by atoms with Gasteiger partial charge in [-0.25, -0.2) is 0 Å². The lowest BCUT2D eigenvalue weighted by Gasteiger charge is -2.37. The zero-order valence-corrected chi connectivity index (χ0v) is 20.2. The van der Waals surface area contributed by atoms with Crippen molar-refractivity contribution in [2.75, 3.05) is 10.2 Å². The van der Waals surface area contributed by atoms with Gasteiger partial charge in [0.2, 0.25) is 5.91 Å². The topological polar surface area (TPSA) is 49.4 Å². The number of amides is 1. The highest BCUT2D eigenvalue weighted by atomic mass is 35.5. The summed E-state index contributed by atoms with van der Waals surface area (Å²) in [5, 5.41) is 4.47. The smallest absolute Gasteiger partial charge is 0.227 e. The normalized spacial score (nSPS) is 19.7. The molecule has 6 heteroatoms. The molecule has 0 fully saturated rings. The van der Waals surface area contributed by atoms with Crippen LogP contribution in [-0.2, 0) is 9.59 Å². The lowest BCUT2D eigenvalue weighted by atomic mass is 9.73. The van der Waals surface area contributed by atoms with Gasteiger partial charge in [0.1, 0.15) is 0 Å². The third-order valence-corrected chi connectivity index (χ3v) is 6.73. The highest BCUT2D eigenvalue weighted by Gasteiger charge is 2.43. The highest BCUT2D eigenvalue weighted by molar-refractivity contribution is 6.35. The minimum atomic E-state index is -0.612. The number of allylic oxidation sites excluding steroid dienone is 1.